The van der Waals surface area contributed by atoms with Gasteiger partial charge in [-0.3, -0.25) is 9.78 Å². The van der Waals surface area contributed by atoms with E-state index >= 15 is 0 Å². The molecule has 0 spiro atoms. The van der Waals surface area contributed by atoms with Gasteiger partial charge in [0.05, 0.1) is 11.1 Å². The Kier molecular flexibility index (Phi) is 1.90. The fourth-order valence-electron chi connectivity index (χ4n) is 2.14. The van der Waals surface area contributed by atoms with Gasteiger partial charge in [-0.15, -0.1) is 0 Å². The van der Waals surface area contributed by atoms with Gasteiger partial charge >= 0.3 is 0 Å². The molecule has 0 aliphatic heterocycles. The minimum Gasteiger partial charge on any atom is -0.508 e. The lowest BCUT2D eigenvalue weighted by atomic mass is 9.99. The fraction of sp³-hybridized carbons (Fsp3) is 0.231. The highest BCUT2D eigenvalue weighted by Gasteiger charge is 2.51. The van der Waals surface area contributed by atoms with Crippen molar-refractivity contribution in [3.05, 3.63) is 36.2 Å². The maximum absolute atomic E-state index is 11.4. The molecule has 1 heterocycles. The molecule has 0 saturated heterocycles. The average molecular weight is 228 g/mol. The van der Waals surface area contributed by atoms with Crippen molar-refractivity contribution in [2.75, 3.05) is 0 Å². The Morgan fingerprint density at radius 1 is 1.29 bits per heavy atom. The van der Waals surface area contributed by atoms with Crippen molar-refractivity contribution < 1.29 is 9.90 Å². The van der Waals surface area contributed by atoms with Crippen LogP contribution in [0.1, 0.15) is 18.5 Å². The molecule has 1 aliphatic carbocycles. The Labute approximate surface area is 98.1 Å². The molecule has 1 aromatic carbocycles. The molecule has 0 radical (unpaired) electrons. The van der Waals surface area contributed by atoms with Crippen LogP contribution in [-0.4, -0.2) is 16.0 Å². The lowest BCUT2D eigenvalue weighted by molar-refractivity contribution is -0.120. The normalized spacial score (nSPS) is 16.9. The van der Waals surface area contributed by atoms with E-state index in [0.717, 1.165) is 29.3 Å². The van der Waals surface area contributed by atoms with Crippen LogP contribution in [0.4, 0.5) is 0 Å². The van der Waals surface area contributed by atoms with Gasteiger partial charge in [-0.05, 0) is 36.4 Å². The molecule has 0 unspecified atom stereocenters. The van der Waals surface area contributed by atoms with Gasteiger partial charge in [-0.1, -0.05) is 6.07 Å². The molecule has 3 rings (SSSR count). The van der Waals surface area contributed by atoms with Gasteiger partial charge in [0.25, 0.3) is 0 Å². The number of nitrogens with two attached hydrogens (primary N) is 1. The van der Waals surface area contributed by atoms with Crippen LogP contribution in [0.5, 0.6) is 5.75 Å². The molecule has 1 aromatic heterocycles. The molecular formula is C13H12N2O2. The first-order chi connectivity index (χ1) is 8.12. The maximum atomic E-state index is 11.4. The zero-order valence-corrected chi connectivity index (χ0v) is 9.18. The number of nitrogens with zero attached hydrogens (tertiary/aromatic N) is 1. The number of phenolic OH excluding ortho intramolecular Hbond substituents is 1. The van der Waals surface area contributed by atoms with E-state index in [1.807, 2.05) is 12.1 Å². The van der Waals surface area contributed by atoms with Crippen LogP contribution in [0, 0.1) is 0 Å². The van der Waals surface area contributed by atoms with Crippen molar-refractivity contribution in [3.8, 4) is 5.75 Å². The number of pyridine rings is 1. The van der Waals surface area contributed by atoms with Gasteiger partial charge < -0.3 is 10.8 Å². The quantitative estimate of drug-likeness (QED) is 0.816. The van der Waals surface area contributed by atoms with Crippen LogP contribution in [0.2, 0.25) is 0 Å². The number of hydrogen-bond donors (Lipinski definition) is 2. The second kappa shape index (κ2) is 3.20. The van der Waals surface area contributed by atoms with Crippen LogP contribution in [-0.2, 0) is 10.2 Å². The first-order valence-corrected chi connectivity index (χ1v) is 5.51. The summed E-state index contributed by atoms with van der Waals surface area (Å²) in [7, 11) is 0. The van der Waals surface area contributed by atoms with E-state index in [9.17, 15) is 9.90 Å². The van der Waals surface area contributed by atoms with Gasteiger partial charge in [0.2, 0.25) is 5.91 Å². The summed E-state index contributed by atoms with van der Waals surface area (Å²) in [5.74, 6) is -0.0915. The molecule has 4 heteroatoms. The van der Waals surface area contributed by atoms with Gasteiger partial charge in [0.15, 0.2) is 0 Å². The molecule has 3 N–H and O–H groups in total. The SMILES string of the molecule is NC(=O)C1(c2cc3ccc(O)cc3cn2)CC1. The van der Waals surface area contributed by atoms with E-state index in [4.69, 9.17) is 5.73 Å². The Bertz CT molecular complexity index is 618. The van der Waals surface area contributed by atoms with Crippen LogP contribution in [0.15, 0.2) is 30.5 Å². The van der Waals surface area contributed by atoms with E-state index in [0.29, 0.717) is 0 Å². The zero-order chi connectivity index (χ0) is 12.0. The summed E-state index contributed by atoms with van der Waals surface area (Å²) in [4.78, 5) is 15.7. The number of carbonyl (C=O) groups excluding carboxylic acids is 1. The molecule has 0 atom stereocenters. The smallest absolute Gasteiger partial charge is 0.229 e. The van der Waals surface area contributed by atoms with E-state index in [2.05, 4.69) is 4.98 Å². The Morgan fingerprint density at radius 2 is 2.06 bits per heavy atom. The first-order valence-electron chi connectivity index (χ1n) is 5.51. The molecule has 4 nitrogen and oxygen atoms in total. The van der Waals surface area contributed by atoms with Crippen molar-refractivity contribution in [2.45, 2.75) is 18.3 Å². The van der Waals surface area contributed by atoms with Gasteiger partial charge in [0.1, 0.15) is 5.75 Å². The minimum atomic E-state index is -0.550. The molecule has 2 aromatic rings. The van der Waals surface area contributed by atoms with Gasteiger partial charge in [0, 0.05) is 11.6 Å². The number of primary amides is 1. The van der Waals surface area contributed by atoms with Crippen LogP contribution >= 0.6 is 0 Å². The Morgan fingerprint density at radius 3 is 2.71 bits per heavy atom. The molecule has 1 fully saturated rings. The largest absolute Gasteiger partial charge is 0.508 e. The zero-order valence-electron chi connectivity index (χ0n) is 9.18. The highest BCUT2D eigenvalue weighted by atomic mass is 16.3. The number of hydrogen-bond acceptors (Lipinski definition) is 3. The van der Waals surface area contributed by atoms with Crippen LogP contribution in [0.3, 0.4) is 0 Å². The van der Waals surface area contributed by atoms with Crippen molar-refractivity contribution >= 4 is 16.7 Å². The highest BCUT2D eigenvalue weighted by Crippen LogP contribution is 2.47. The summed E-state index contributed by atoms with van der Waals surface area (Å²) in [6.45, 7) is 0. The Balaban J connectivity index is 2.15. The predicted molar refractivity (Wildman–Crippen MR) is 63.5 cm³/mol. The third-order valence-corrected chi connectivity index (χ3v) is 3.42. The number of aromatic nitrogens is 1. The summed E-state index contributed by atoms with van der Waals surface area (Å²) in [5.41, 5.74) is 5.60. The third-order valence-electron chi connectivity index (χ3n) is 3.42. The second-order valence-corrected chi connectivity index (χ2v) is 4.55. The van der Waals surface area contributed by atoms with Crippen molar-refractivity contribution in [3.63, 3.8) is 0 Å². The van der Waals surface area contributed by atoms with Gasteiger partial charge in [-0.2, -0.15) is 0 Å². The number of fused-ring (bicyclic) bond motifs is 1. The first kappa shape index (κ1) is 10.1. The summed E-state index contributed by atoms with van der Waals surface area (Å²) in [5, 5.41) is 11.2. The standard InChI is InChI=1S/C13H12N2O2/c14-12(17)13(3-4-13)11-6-8-1-2-10(16)5-9(8)7-15-11/h1-2,5-7,16H,3-4H2,(H2,14,17). The maximum Gasteiger partial charge on any atom is 0.229 e. The molecule has 1 amide bonds. The highest BCUT2D eigenvalue weighted by molar-refractivity contribution is 5.91. The van der Waals surface area contributed by atoms with Crippen molar-refractivity contribution in [2.24, 2.45) is 5.73 Å². The number of benzene rings is 1. The van der Waals surface area contributed by atoms with E-state index in [-0.39, 0.29) is 11.7 Å². The number of aromatic hydroxyl groups is 1. The predicted octanol–water partition coefficient (Wildman–Crippen LogP) is 1.46. The number of phenols is 1. The average Bonchev–Trinajstić information content (AvgIpc) is 3.09. The third kappa shape index (κ3) is 1.45. The van der Waals surface area contributed by atoms with Crippen molar-refractivity contribution in [1.29, 1.82) is 0 Å². The molecule has 1 saturated carbocycles. The summed E-state index contributed by atoms with van der Waals surface area (Å²) in [6.07, 6.45) is 3.23. The number of carbonyl (C=O) groups is 1. The second-order valence-electron chi connectivity index (χ2n) is 4.55. The lowest BCUT2D eigenvalue weighted by Gasteiger charge is -2.10. The lowest BCUT2D eigenvalue weighted by Crippen LogP contribution is -2.29. The summed E-state index contributed by atoms with van der Waals surface area (Å²) in [6, 6.07) is 6.96. The van der Waals surface area contributed by atoms with Crippen LogP contribution < -0.4 is 5.73 Å². The van der Waals surface area contributed by atoms with Crippen molar-refractivity contribution in [1.82, 2.24) is 4.98 Å². The van der Waals surface area contributed by atoms with Crippen LogP contribution in [0.25, 0.3) is 10.8 Å². The Hall–Kier alpha value is -2.10. The fourth-order valence-corrected chi connectivity index (χ4v) is 2.14. The monoisotopic (exact) mass is 228 g/mol. The topological polar surface area (TPSA) is 76.2 Å². The number of rotatable bonds is 2. The molecule has 0 bridgehead atoms. The van der Waals surface area contributed by atoms with Gasteiger partial charge in [-0.25, -0.2) is 0 Å². The number of amides is 1. The summed E-state index contributed by atoms with van der Waals surface area (Å²) < 4.78 is 0. The molecule has 86 valence electrons. The van der Waals surface area contributed by atoms with E-state index < -0.39 is 5.41 Å². The molecular weight excluding hydrogens is 216 g/mol. The van der Waals surface area contributed by atoms with E-state index in [1.54, 1.807) is 18.3 Å². The minimum absolute atomic E-state index is 0.211. The molecule has 17 heavy (non-hydrogen) atoms. The van der Waals surface area contributed by atoms with E-state index in [1.165, 1.54) is 0 Å². The molecule has 1 aliphatic rings. The summed E-state index contributed by atoms with van der Waals surface area (Å²) >= 11 is 0.